The molecule has 19 heavy (non-hydrogen) atoms. The molecule has 0 bridgehead atoms. The molecule has 102 valence electrons. The molecule has 1 heterocycles. The number of hydrogen-bond acceptors (Lipinski definition) is 3. The number of thiazole rings is 1. The van der Waals surface area contributed by atoms with Gasteiger partial charge in [0.2, 0.25) is 0 Å². The lowest BCUT2D eigenvalue weighted by molar-refractivity contribution is 0.462. The number of aromatic nitrogens is 1. The SMILES string of the molecule is CC(C)c1cccc2sc(NC3CCCCC3)nc12. The highest BCUT2D eigenvalue weighted by atomic mass is 32.1. The smallest absolute Gasteiger partial charge is 0.184 e. The van der Waals surface area contributed by atoms with Gasteiger partial charge in [0.25, 0.3) is 0 Å². The van der Waals surface area contributed by atoms with Crippen LogP contribution in [0.15, 0.2) is 18.2 Å². The number of fused-ring (bicyclic) bond motifs is 1. The monoisotopic (exact) mass is 274 g/mol. The van der Waals surface area contributed by atoms with Crippen LogP contribution in [0.5, 0.6) is 0 Å². The lowest BCUT2D eigenvalue weighted by atomic mass is 9.96. The van der Waals surface area contributed by atoms with E-state index in [4.69, 9.17) is 4.98 Å². The topological polar surface area (TPSA) is 24.9 Å². The predicted octanol–water partition coefficient (Wildman–Crippen LogP) is 5.16. The summed E-state index contributed by atoms with van der Waals surface area (Å²) < 4.78 is 1.31. The van der Waals surface area contributed by atoms with E-state index >= 15 is 0 Å². The number of nitrogens with zero attached hydrogens (tertiary/aromatic N) is 1. The van der Waals surface area contributed by atoms with Crippen LogP contribution in [-0.2, 0) is 0 Å². The number of nitrogens with one attached hydrogen (secondary N) is 1. The Morgan fingerprint density at radius 1 is 1.21 bits per heavy atom. The second-order valence-electron chi connectivity index (χ2n) is 5.85. The molecule has 0 amide bonds. The summed E-state index contributed by atoms with van der Waals surface area (Å²) in [5.74, 6) is 0.535. The summed E-state index contributed by atoms with van der Waals surface area (Å²) in [5.41, 5.74) is 2.56. The summed E-state index contributed by atoms with van der Waals surface area (Å²) in [6, 6.07) is 7.18. The van der Waals surface area contributed by atoms with Crippen molar-refractivity contribution in [2.75, 3.05) is 5.32 Å². The molecule has 0 radical (unpaired) electrons. The molecule has 1 saturated carbocycles. The van der Waals surface area contributed by atoms with Crippen molar-refractivity contribution in [2.45, 2.75) is 57.9 Å². The average Bonchev–Trinajstić information content (AvgIpc) is 2.81. The van der Waals surface area contributed by atoms with Gasteiger partial charge in [0.15, 0.2) is 5.13 Å². The normalized spacial score (nSPS) is 17.2. The van der Waals surface area contributed by atoms with Gasteiger partial charge in [-0.25, -0.2) is 4.98 Å². The van der Waals surface area contributed by atoms with Crippen LogP contribution in [0, 0.1) is 0 Å². The predicted molar refractivity (Wildman–Crippen MR) is 84.2 cm³/mol. The zero-order valence-electron chi connectivity index (χ0n) is 11.8. The van der Waals surface area contributed by atoms with Gasteiger partial charge < -0.3 is 5.32 Å². The first kappa shape index (κ1) is 12.9. The molecule has 3 heteroatoms. The van der Waals surface area contributed by atoms with Gasteiger partial charge in [-0.2, -0.15) is 0 Å². The van der Waals surface area contributed by atoms with E-state index in [9.17, 15) is 0 Å². The standard InChI is InChI=1S/C16H22N2S/c1-11(2)13-9-6-10-14-15(13)18-16(19-14)17-12-7-4-3-5-8-12/h6,9-12H,3-5,7-8H2,1-2H3,(H,17,18). The Hall–Kier alpha value is -1.09. The Balaban J connectivity index is 1.86. The van der Waals surface area contributed by atoms with Crippen LogP contribution in [0.3, 0.4) is 0 Å². The molecule has 0 spiro atoms. The van der Waals surface area contributed by atoms with Crippen molar-refractivity contribution >= 4 is 26.7 Å². The van der Waals surface area contributed by atoms with Crippen LogP contribution >= 0.6 is 11.3 Å². The first-order valence-electron chi connectivity index (χ1n) is 7.40. The maximum Gasteiger partial charge on any atom is 0.184 e. The van der Waals surface area contributed by atoms with Crippen LogP contribution in [0.2, 0.25) is 0 Å². The van der Waals surface area contributed by atoms with Gasteiger partial charge in [-0.3, -0.25) is 0 Å². The Morgan fingerprint density at radius 2 is 2.00 bits per heavy atom. The molecule has 0 unspecified atom stereocenters. The largest absolute Gasteiger partial charge is 0.359 e. The highest BCUT2D eigenvalue weighted by Crippen LogP contribution is 2.33. The fraction of sp³-hybridized carbons (Fsp3) is 0.562. The number of anilines is 1. The van der Waals surface area contributed by atoms with Crippen LogP contribution in [0.25, 0.3) is 10.2 Å². The van der Waals surface area contributed by atoms with E-state index in [1.165, 1.54) is 47.9 Å². The minimum absolute atomic E-state index is 0.535. The molecule has 1 aliphatic rings. The Labute approximate surface area is 119 Å². The summed E-state index contributed by atoms with van der Waals surface area (Å²) in [5, 5.41) is 4.75. The molecule has 2 nitrogen and oxygen atoms in total. The first-order valence-corrected chi connectivity index (χ1v) is 8.21. The molecular weight excluding hydrogens is 252 g/mol. The highest BCUT2D eigenvalue weighted by molar-refractivity contribution is 7.22. The van der Waals surface area contributed by atoms with Gasteiger partial charge in [0.1, 0.15) is 0 Å². The third-order valence-electron chi connectivity index (χ3n) is 4.00. The first-order chi connectivity index (χ1) is 9.24. The quantitative estimate of drug-likeness (QED) is 0.835. The minimum atomic E-state index is 0.535. The number of para-hydroxylation sites is 1. The lowest BCUT2D eigenvalue weighted by Gasteiger charge is -2.22. The maximum absolute atomic E-state index is 4.84. The van der Waals surface area contributed by atoms with E-state index in [0.717, 1.165) is 5.13 Å². The van der Waals surface area contributed by atoms with Crippen LogP contribution in [0.4, 0.5) is 5.13 Å². The Bertz CT molecular complexity index is 553. The summed E-state index contributed by atoms with van der Waals surface area (Å²) >= 11 is 1.80. The molecule has 1 aliphatic carbocycles. The molecule has 1 aromatic carbocycles. The van der Waals surface area contributed by atoms with E-state index in [1.54, 1.807) is 11.3 Å². The van der Waals surface area contributed by atoms with E-state index < -0.39 is 0 Å². The van der Waals surface area contributed by atoms with Crippen molar-refractivity contribution in [3.05, 3.63) is 23.8 Å². The van der Waals surface area contributed by atoms with Crippen molar-refractivity contribution in [2.24, 2.45) is 0 Å². The molecular formula is C16H22N2S. The molecule has 3 rings (SSSR count). The highest BCUT2D eigenvalue weighted by Gasteiger charge is 2.16. The zero-order valence-corrected chi connectivity index (χ0v) is 12.6. The van der Waals surface area contributed by atoms with Crippen molar-refractivity contribution in [3.8, 4) is 0 Å². The summed E-state index contributed by atoms with van der Waals surface area (Å²) in [4.78, 5) is 4.84. The van der Waals surface area contributed by atoms with Crippen molar-refractivity contribution in [3.63, 3.8) is 0 Å². The summed E-state index contributed by atoms with van der Waals surface area (Å²) in [6.07, 6.45) is 6.72. The van der Waals surface area contributed by atoms with Crippen LogP contribution < -0.4 is 5.32 Å². The van der Waals surface area contributed by atoms with E-state index in [2.05, 4.69) is 37.4 Å². The van der Waals surface area contributed by atoms with Crippen LogP contribution in [0.1, 0.15) is 57.4 Å². The molecule has 0 aliphatic heterocycles. The molecule has 0 atom stereocenters. The van der Waals surface area contributed by atoms with Gasteiger partial charge in [-0.05, 0) is 30.4 Å². The molecule has 1 aromatic heterocycles. The van der Waals surface area contributed by atoms with Gasteiger partial charge in [-0.15, -0.1) is 0 Å². The summed E-state index contributed by atoms with van der Waals surface area (Å²) in [7, 11) is 0. The van der Waals surface area contributed by atoms with E-state index in [1.807, 2.05) is 0 Å². The summed E-state index contributed by atoms with van der Waals surface area (Å²) in [6.45, 7) is 4.48. The van der Waals surface area contributed by atoms with Gasteiger partial charge in [0, 0.05) is 6.04 Å². The third-order valence-corrected chi connectivity index (χ3v) is 4.96. The minimum Gasteiger partial charge on any atom is -0.359 e. The second-order valence-corrected chi connectivity index (χ2v) is 6.88. The second kappa shape index (κ2) is 5.49. The molecule has 0 saturated heterocycles. The molecule has 1 fully saturated rings. The van der Waals surface area contributed by atoms with Gasteiger partial charge in [0.05, 0.1) is 10.2 Å². The fourth-order valence-corrected chi connectivity index (χ4v) is 3.90. The fourth-order valence-electron chi connectivity index (χ4n) is 2.92. The zero-order chi connectivity index (χ0) is 13.2. The van der Waals surface area contributed by atoms with Crippen molar-refractivity contribution in [1.82, 2.24) is 4.98 Å². The number of benzene rings is 1. The molecule has 1 N–H and O–H groups in total. The Kier molecular flexibility index (Phi) is 3.74. The average molecular weight is 274 g/mol. The number of hydrogen-bond donors (Lipinski definition) is 1. The third kappa shape index (κ3) is 2.76. The van der Waals surface area contributed by atoms with Gasteiger partial charge in [-0.1, -0.05) is 56.6 Å². The van der Waals surface area contributed by atoms with Crippen LogP contribution in [-0.4, -0.2) is 11.0 Å². The van der Waals surface area contributed by atoms with E-state index in [0.29, 0.717) is 12.0 Å². The number of rotatable bonds is 3. The van der Waals surface area contributed by atoms with Crippen molar-refractivity contribution < 1.29 is 0 Å². The lowest BCUT2D eigenvalue weighted by Crippen LogP contribution is -2.21. The molecule has 2 aromatic rings. The maximum atomic E-state index is 4.84. The van der Waals surface area contributed by atoms with Crippen molar-refractivity contribution in [1.29, 1.82) is 0 Å². The van der Waals surface area contributed by atoms with Gasteiger partial charge >= 0.3 is 0 Å². The Morgan fingerprint density at radius 3 is 2.74 bits per heavy atom. The van der Waals surface area contributed by atoms with E-state index in [-0.39, 0.29) is 0 Å².